The summed E-state index contributed by atoms with van der Waals surface area (Å²) in [4.78, 5) is 0. The van der Waals surface area contributed by atoms with Crippen LogP contribution in [0.15, 0.2) is 28.8 Å². The molecule has 0 heterocycles. The van der Waals surface area contributed by atoms with E-state index in [1.54, 1.807) is 6.07 Å². The average Bonchev–Trinajstić information content (AvgIpc) is 2.41. The normalized spacial score (nSPS) is 12.5. The number of halogens is 3. The molecule has 0 aliphatic heterocycles. The fourth-order valence-corrected chi connectivity index (χ4v) is 2.45. The molecule has 0 aliphatic rings. The van der Waals surface area contributed by atoms with Crippen LogP contribution in [-0.2, 0) is 0 Å². The number of hydrogen-bond acceptors (Lipinski definition) is 1. The Morgan fingerprint density at radius 3 is 2.63 bits per heavy atom. The summed E-state index contributed by atoms with van der Waals surface area (Å²) in [7, 11) is 0. The first-order valence-electron chi connectivity index (χ1n) is 6.54. The molecule has 1 unspecified atom stereocenters. The van der Waals surface area contributed by atoms with Crippen molar-refractivity contribution in [1.29, 1.82) is 0 Å². The summed E-state index contributed by atoms with van der Waals surface area (Å²) in [5.74, 6) is -1.66. The Hall–Kier alpha value is -0.740. The van der Waals surface area contributed by atoms with Gasteiger partial charge in [0.05, 0.1) is 4.47 Å². The van der Waals surface area contributed by atoms with E-state index in [9.17, 15) is 8.78 Å². The molecule has 0 saturated carbocycles. The van der Waals surface area contributed by atoms with Crippen molar-refractivity contribution in [2.45, 2.75) is 39.2 Å². The summed E-state index contributed by atoms with van der Waals surface area (Å²) in [6, 6.07) is 2.75. The maximum Gasteiger partial charge on any atom is 0.173 e. The van der Waals surface area contributed by atoms with Gasteiger partial charge in [-0.2, -0.15) is 0 Å². The molecule has 0 aliphatic carbocycles. The predicted molar refractivity (Wildman–Crippen MR) is 79.1 cm³/mol. The van der Waals surface area contributed by atoms with Gasteiger partial charge in [-0.05, 0) is 53.4 Å². The minimum Gasteiger partial charge on any atom is -0.310 e. The topological polar surface area (TPSA) is 12.0 Å². The first-order chi connectivity index (χ1) is 9.01. The van der Waals surface area contributed by atoms with Crippen LogP contribution in [0.5, 0.6) is 0 Å². The van der Waals surface area contributed by atoms with Gasteiger partial charge in [0.25, 0.3) is 0 Å². The van der Waals surface area contributed by atoms with Crippen molar-refractivity contribution in [2.75, 3.05) is 6.54 Å². The van der Waals surface area contributed by atoms with Gasteiger partial charge in [0.15, 0.2) is 11.6 Å². The quantitative estimate of drug-likeness (QED) is 0.539. The highest BCUT2D eigenvalue weighted by molar-refractivity contribution is 9.10. The molecule has 1 aromatic rings. The Kier molecular flexibility index (Phi) is 6.66. The molecule has 0 aromatic heterocycles. The van der Waals surface area contributed by atoms with Gasteiger partial charge in [-0.15, -0.1) is 0 Å². The molecule has 1 nitrogen and oxygen atoms in total. The smallest absolute Gasteiger partial charge is 0.173 e. The summed E-state index contributed by atoms with van der Waals surface area (Å²) < 4.78 is 27.0. The lowest BCUT2D eigenvalue weighted by molar-refractivity contribution is 0.486. The van der Waals surface area contributed by atoms with E-state index < -0.39 is 11.6 Å². The monoisotopic (exact) mass is 331 g/mol. The fourth-order valence-electron chi connectivity index (χ4n) is 1.85. The molecule has 19 heavy (non-hydrogen) atoms. The summed E-state index contributed by atoms with van der Waals surface area (Å²) in [5, 5.41) is 3.36. The second-order valence-electron chi connectivity index (χ2n) is 4.58. The molecule has 106 valence electrons. The van der Waals surface area contributed by atoms with Crippen LogP contribution in [0.1, 0.15) is 44.7 Å². The van der Waals surface area contributed by atoms with E-state index in [-0.39, 0.29) is 10.5 Å². The van der Waals surface area contributed by atoms with Crippen molar-refractivity contribution >= 4 is 15.9 Å². The van der Waals surface area contributed by atoms with Crippen LogP contribution < -0.4 is 5.32 Å². The van der Waals surface area contributed by atoms with Gasteiger partial charge in [-0.1, -0.05) is 32.1 Å². The number of rotatable bonds is 7. The zero-order valence-corrected chi connectivity index (χ0v) is 13.0. The van der Waals surface area contributed by atoms with Crippen molar-refractivity contribution in [1.82, 2.24) is 5.32 Å². The van der Waals surface area contributed by atoms with E-state index in [0.717, 1.165) is 36.9 Å². The van der Waals surface area contributed by atoms with E-state index in [2.05, 4.69) is 34.7 Å². The fraction of sp³-hybridized carbons (Fsp3) is 0.467. The van der Waals surface area contributed by atoms with E-state index in [0.29, 0.717) is 0 Å². The molecular weight excluding hydrogens is 312 g/mol. The minimum absolute atomic E-state index is 0.0446. The van der Waals surface area contributed by atoms with E-state index >= 15 is 0 Å². The van der Waals surface area contributed by atoms with E-state index in [1.165, 1.54) is 6.07 Å². The van der Waals surface area contributed by atoms with Gasteiger partial charge >= 0.3 is 0 Å². The lowest BCUT2D eigenvalue weighted by Gasteiger charge is -2.21. The van der Waals surface area contributed by atoms with E-state index in [1.807, 2.05) is 6.92 Å². The summed E-state index contributed by atoms with van der Waals surface area (Å²) >= 11 is 3.15. The highest BCUT2D eigenvalue weighted by Crippen LogP contribution is 2.31. The largest absolute Gasteiger partial charge is 0.310 e. The van der Waals surface area contributed by atoms with Crippen molar-refractivity contribution in [3.63, 3.8) is 0 Å². The zero-order chi connectivity index (χ0) is 14.4. The van der Waals surface area contributed by atoms with Gasteiger partial charge in [-0.3, -0.25) is 0 Å². The summed E-state index contributed by atoms with van der Waals surface area (Å²) in [6.45, 7) is 8.93. The molecule has 1 atom stereocenters. The van der Waals surface area contributed by atoms with Crippen LogP contribution in [0.2, 0.25) is 0 Å². The third-order valence-electron chi connectivity index (χ3n) is 3.07. The Morgan fingerprint density at radius 1 is 1.37 bits per heavy atom. The third kappa shape index (κ3) is 4.39. The minimum atomic E-state index is -0.834. The van der Waals surface area contributed by atoms with Crippen LogP contribution in [0, 0.1) is 11.6 Å². The van der Waals surface area contributed by atoms with Crippen molar-refractivity contribution < 1.29 is 8.78 Å². The van der Waals surface area contributed by atoms with Gasteiger partial charge in [0.2, 0.25) is 0 Å². The van der Waals surface area contributed by atoms with Crippen LogP contribution in [0.3, 0.4) is 0 Å². The number of nitrogens with one attached hydrogen (secondary N) is 1. The summed E-state index contributed by atoms with van der Waals surface area (Å²) in [6.07, 6.45) is 2.59. The average molecular weight is 332 g/mol. The molecule has 0 fully saturated rings. The standard InChI is InChI=1S/C15H20BrF2N/c1-4-8-19-13(9-10(3)5-2)11-6-7-12(17)15(18)14(11)16/h6-7,13,19H,3-5,8-9H2,1-2H3. The first kappa shape index (κ1) is 16.3. The molecule has 0 spiro atoms. The Bertz CT molecular complexity index is 446. The summed E-state index contributed by atoms with van der Waals surface area (Å²) in [5.41, 5.74) is 1.83. The first-order valence-corrected chi connectivity index (χ1v) is 7.33. The molecule has 0 amide bonds. The number of hydrogen-bond donors (Lipinski definition) is 1. The Morgan fingerprint density at radius 2 is 2.05 bits per heavy atom. The Balaban J connectivity index is 3.02. The second kappa shape index (κ2) is 7.75. The molecule has 0 saturated heterocycles. The van der Waals surface area contributed by atoms with Crippen molar-refractivity contribution in [3.8, 4) is 0 Å². The highest BCUT2D eigenvalue weighted by atomic mass is 79.9. The van der Waals surface area contributed by atoms with Crippen molar-refractivity contribution in [2.24, 2.45) is 0 Å². The third-order valence-corrected chi connectivity index (χ3v) is 3.88. The lowest BCUT2D eigenvalue weighted by Crippen LogP contribution is -2.23. The lowest BCUT2D eigenvalue weighted by atomic mass is 9.98. The second-order valence-corrected chi connectivity index (χ2v) is 5.37. The Labute approximate surface area is 122 Å². The maximum atomic E-state index is 13.6. The molecule has 1 rings (SSSR count). The predicted octanol–water partition coefficient (Wildman–Crippen LogP) is 5.12. The number of benzene rings is 1. The van der Waals surface area contributed by atoms with Gasteiger partial charge in [0, 0.05) is 6.04 Å². The maximum absolute atomic E-state index is 13.6. The van der Waals surface area contributed by atoms with Crippen LogP contribution in [0.4, 0.5) is 8.78 Å². The van der Waals surface area contributed by atoms with Crippen LogP contribution in [-0.4, -0.2) is 6.54 Å². The molecule has 0 radical (unpaired) electrons. The zero-order valence-electron chi connectivity index (χ0n) is 11.4. The molecule has 0 bridgehead atoms. The van der Waals surface area contributed by atoms with Gasteiger partial charge < -0.3 is 5.32 Å². The molecule has 1 N–H and O–H groups in total. The van der Waals surface area contributed by atoms with Crippen LogP contribution >= 0.6 is 15.9 Å². The van der Waals surface area contributed by atoms with Gasteiger partial charge in [-0.25, -0.2) is 8.78 Å². The van der Waals surface area contributed by atoms with E-state index in [4.69, 9.17) is 0 Å². The molecule has 1 aromatic carbocycles. The van der Waals surface area contributed by atoms with Crippen molar-refractivity contribution in [3.05, 3.63) is 46.0 Å². The highest BCUT2D eigenvalue weighted by Gasteiger charge is 2.19. The van der Waals surface area contributed by atoms with Crippen LogP contribution in [0.25, 0.3) is 0 Å². The van der Waals surface area contributed by atoms with Gasteiger partial charge in [0.1, 0.15) is 0 Å². The SMILES string of the molecule is C=C(CC)CC(NCCC)c1ccc(F)c(F)c1Br. The molecule has 4 heteroatoms. The molecular formula is C15H20BrF2N.